The summed E-state index contributed by atoms with van der Waals surface area (Å²) >= 11 is 0. The molecule has 0 saturated heterocycles. The number of ketones is 6. The van der Waals surface area contributed by atoms with Gasteiger partial charge in [-0.25, -0.2) is 0 Å². The summed E-state index contributed by atoms with van der Waals surface area (Å²) in [6.07, 6.45) is 3.39. The van der Waals surface area contributed by atoms with Gasteiger partial charge < -0.3 is 34.2 Å². The molecule has 0 fully saturated rings. The maximum Gasteiger partial charge on any atom is 3.00 e. The van der Waals surface area contributed by atoms with Crippen LogP contribution >= 0.6 is 0 Å². The van der Waals surface area contributed by atoms with Gasteiger partial charge in [-0.1, -0.05) is 162 Å². The van der Waals surface area contributed by atoms with E-state index in [0.717, 1.165) is 19.3 Å². The predicted molar refractivity (Wildman–Crippen MR) is 201 cm³/mol. The number of hydrogen-bond donors (Lipinski definition) is 0. The van der Waals surface area contributed by atoms with Gasteiger partial charge in [0.25, 0.3) is 0 Å². The standard InChI is InChI=1S/3C15H11O2.Nd.H2O/c3*16-14(12-7-3-1-4-8-12)11-15(17)13-9-5-2-6-10-13;;/h3*1-11H;;1H2/q3*-1;+3;. The summed E-state index contributed by atoms with van der Waals surface area (Å²) in [6.45, 7) is 0. The van der Waals surface area contributed by atoms with Gasteiger partial charge in [0.05, 0.1) is 34.7 Å². The zero-order valence-corrected chi connectivity index (χ0v) is 31.7. The SMILES string of the molecule is O.O=C([CH-]C(=O)c1ccccc1)c1ccccc1.O=C([CH-]C(=O)c1ccccc1)c1ccccc1.O=C([CH-]C(=O)c1ccccc1)c1ccccc1.[Nd+3]. The molecule has 8 heteroatoms. The average molecular weight is 832 g/mol. The molecular weight excluding hydrogens is 797 g/mol. The van der Waals surface area contributed by atoms with Crippen molar-refractivity contribution in [2.24, 2.45) is 0 Å². The Bertz CT molecular complexity index is 1650. The summed E-state index contributed by atoms with van der Waals surface area (Å²) in [5, 5.41) is 0. The van der Waals surface area contributed by atoms with Gasteiger partial charge in [-0.3, -0.25) is 0 Å². The Balaban J connectivity index is 0.000000270. The molecular formula is C45H35NdO7. The Kier molecular flexibility index (Phi) is 19.4. The van der Waals surface area contributed by atoms with Crippen LogP contribution in [0.3, 0.4) is 0 Å². The Morgan fingerprint density at radius 3 is 0.472 bits per heavy atom. The minimum Gasteiger partial charge on any atom is -0.412 e. The van der Waals surface area contributed by atoms with Gasteiger partial charge >= 0.3 is 40.8 Å². The fourth-order valence-corrected chi connectivity index (χ4v) is 4.47. The Morgan fingerprint density at radius 1 is 0.245 bits per heavy atom. The third kappa shape index (κ3) is 14.8. The first kappa shape index (κ1) is 43.4. The first-order valence-electron chi connectivity index (χ1n) is 15.9. The van der Waals surface area contributed by atoms with E-state index in [1.807, 2.05) is 36.4 Å². The van der Waals surface area contributed by atoms with Gasteiger partial charge in [0, 0.05) is 0 Å². The smallest absolute Gasteiger partial charge is 0.412 e. The number of rotatable bonds is 12. The van der Waals surface area contributed by atoms with Crippen LogP contribution < -0.4 is 0 Å². The van der Waals surface area contributed by atoms with Crippen molar-refractivity contribution in [1.82, 2.24) is 0 Å². The van der Waals surface area contributed by atoms with Crippen LogP contribution in [0.2, 0.25) is 0 Å². The van der Waals surface area contributed by atoms with Crippen molar-refractivity contribution < 1.29 is 75.1 Å². The van der Waals surface area contributed by atoms with Gasteiger partial charge in [-0.15, -0.1) is 72.8 Å². The molecule has 6 rings (SSSR count). The van der Waals surface area contributed by atoms with Crippen LogP contribution in [0.5, 0.6) is 0 Å². The van der Waals surface area contributed by atoms with E-state index in [1.165, 1.54) is 0 Å². The van der Waals surface area contributed by atoms with Crippen molar-refractivity contribution >= 4 is 34.7 Å². The molecule has 1 radical (unpaired) electrons. The molecule has 0 spiro atoms. The molecule has 0 unspecified atom stereocenters. The van der Waals surface area contributed by atoms with E-state index >= 15 is 0 Å². The predicted octanol–water partition coefficient (Wildman–Crippen LogP) is 8.04. The molecule has 6 aromatic carbocycles. The maximum atomic E-state index is 11.8. The number of benzene rings is 6. The van der Waals surface area contributed by atoms with Gasteiger partial charge in [0.15, 0.2) is 0 Å². The molecule has 0 heterocycles. The molecule has 53 heavy (non-hydrogen) atoms. The molecule has 0 aliphatic rings. The molecule has 0 atom stereocenters. The topological polar surface area (TPSA) is 134 Å². The fourth-order valence-electron chi connectivity index (χ4n) is 4.47. The van der Waals surface area contributed by atoms with Crippen molar-refractivity contribution in [3.8, 4) is 0 Å². The minimum absolute atomic E-state index is 0. The second-order valence-electron chi connectivity index (χ2n) is 10.8. The monoisotopic (exact) mass is 829 g/mol. The molecule has 6 aromatic rings. The van der Waals surface area contributed by atoms with Gasteiger partial charge in [-0.05, 0) is 0 Å². The van der Waals surface area contributed by atoms with Crippen LogP contribution in [0, 0.1) is 60.1 Å². The zero-order chi connectivity index (χ0) is 36.3. The summed E-state index contributed by atoms with van der Waals surface area (Å²) in [5.41, 5.74) is 3.15. The Hall–Kier alpha value is -5.74. The van der Waals surface area contributed by atoms with Crippen LogP contribution in [0.4, 0.5) is 0 Å². The van der Waals surface area contributed by atoms with E-state index in [4.69, 9.17) is 0 Å². The molecule has 2 N–H and O–H groups in total. The van der Waals surface area contributed by atoms with Crippen molar-refractivity contribution in [3.05, 3.63) is 235 Å². The molecule has 0 amide bonds. The largest absolute Gasteiger partial charge is 3.00 e. The number of carbonyl (C=O) groups excluding carboxylic acids is 6. The van der Waals surface area contributed by atoms with Crippen molar-refractivity contribution in [2.45, 2.75) is 0 Å². The maximum absolute atomic E-state index is 11.8. The third-order valence-electron chi connectivity index (χ3n) is 7.14. The van der Waals surface area contributed by atoms with E-state index in [0.29, 0.717) is 33.4 Å². The van der Waals surface area contributed by atoms with Gasteiger partial charge in [0.1, 0.15) is 0 Å². The number of hydrogen-bond acceptors (Lipinski definition) is 6. The molecule has 0 aliphatic carbocycles. The number of carbonyl (C=O) groups is 6. The molecule has 261 valence electrons. The third-order valence-corrected chi connectivity index (χ3v) is 7.14. The van der Waals surface area contributed by atoms with E-state index in [1.54, 1.807) is 146 Å². The van der Waals surface area contributed by atoms with Crippen LogP contribution in [0.25, 0.3) is 0 Å². The summed E-state index contributed by atoms with van der Waals surface area (Å²) in [5.74, 6) is -1.59. The quantitative estimate of drug-likeness (QED) is 0.0697. The Labute approximate surface area is 341 Å². The zero-order valence-electron chi connectivity index (χ0n) is 28.5. The average Bonchev–Trinajstić information content (AvgIpc) is 3.20. The first-order valence-corrected chi connectivity index (χ1v) is 15.9. The van der Waals surface area contributed by atoms with Crippen LogP contribution in [-0.2, 0) is 0 Å². The molecule has 0 aliphatic heterocycles. The second-order valence-corrected chi connectivity index (χ2v) is 10.8. The summed E-state index contributed by atoms with van der Waals surface area (Å²) < 4.78 is 0. The van der Waals surface area contributed by atoms with Gasteiger partial charge in [-0.2, -0.15) is 0 Å². The van der Waals surface area contributed by atoms with E-state index in [9.17, 15) is 28.8 Å². The molecule has 0 aromatic heterocycles. The first-order chi connectivity index (χ1) is 24.8. The van der Waals surface area contributed by atoms with E-state index < -0.39 is 0 Å². The minimum atomic E-state index is -0.264. The summed E-state index contributed by atoms with van der Waals surface area (Å²) in [6, 6.07) is 52.5. The van der Waals surface area contributed by atoms with Crippen LogP contribution in [0.1, 0.15) is 62.1 Å². The number of Topliss-reactive ketones (excluding diaryl/α,β-unsaturated/α-hetero) is 6. The van der Waals surface area contributed by atoms with Crippen molar-refractivity contribution in [2.75, 3.05) is 0 Å². The van der Waals surface area contributed by atoms with Crippen molar-refractivity contribution in [3.63, 3.8) is 0 Å². The fraction of sp³-hybridized carbons (Fsp3) is 0. The normalized spacial score (nSPS) is 9.28. The van der Waals surface area contributed by atoms with E-state index in [-0.39, 0.29) is 81.0 Å². The van der Waals surface area contributed by atoms with Crippen LogP contribution in [0.15, 0.2) is 182 Å². The van der Waals surface area contributed by atoms with Crippen molar-refractivity contribution in [1.29, 1.82) is 0 Å². The van der Waals surface area contributed by atoms with Gasteiger partial charge in [0.2, 0.25) is 0 Å². The second kappa shape index (κ2) is 23.7. The molecule has 0 saturated carbocycles. The molecule has 0 bridgehead atoms. The van der Waals surface area contributed by atoms with E-state index in [2.05, 4.69) is 0 Å². The summed E-state index contributed by atoms with van der Waals surface area (Å²) in [4.78, 5) is 70.5. The summed E-state index contributed by atoms with van der Waals surface area (Å²) in [7, 11) is 0. The molecule has 7 nitrogen and oxygen atoms in total. The Morgan fingerprint density at radius 2 is 0.358 bits per heavy atom. The van der Waals surface area contributed by atoms with Crippen LogP contribution in [-0.4, -0.2) is 40.2 Å².